The van der Waals surface area contributed by atoms with E-state index in [4.69, 9.17) is 27.9 Å². The molecule has 0 saturated carbocycles. The lowest BCUT2D eigenvalue weighted by Gasteiger charge is -2.50. The molecule has 2 saturated heterocycles. The van der Waals surface area contributed by atoms with E-state index < -0.39 is 85.2 Å². The molecule has 4 aromatic rings. The topological polar surface area (TPSA) is 141 Å². The van der Waals surface area contributed by atoms with Gasteiger partial charge in [0.25, 0.3) is 0 Å². The van der Waals surface area contributed by atoms with Crippen LogP contribution in [-0.4, -0.2) is 123 Å². The second-order valence-electron chi connectivity index (χ2n) is 16.8. The SMILES string of the molecule is C[C@H]1C(=O)N[C@@H](CO)C(=O)N(C)[C@@]2(Cc3ccc(Cl)cc3)CCCN(C2)C(=O)[C@H](CC(F)(F)F)CC(=O)N1Cc1c(F)cc(Cl)cc1Oc1ccc(-c2cnc(CN(C)C)n2C)cc1. The molecule has 3 aromatic carbocycles. The summed E-state index contributed by atoms with van der Waals surface area (Å²) in [4.78, 5) is 67.0. The van der Waals surface area contributed by atoms with Crippen LogP contribution < -0.4 is 10.1 Å². The minimum absolute atomic E-state index is 0.0449. The summed E-state index contributed by atoms with van der Waals surface area (Å²) in [6.45, 7) is 0.113. The maximum atomic E-state index is 16.1. The molecule has 2 aliphatic heterocycles. The summed E-state index contributed by atoms with van der Waals surface area (Å²) in [6.07, 6.45) is -5.05. The van der Waals surface area contributed by atoms with Crippen molar-refractivity contribution in [3.63, 3.8) is 0 Å². The van der Waals surface area contributed by atoms with Gasteiger partial charge in [0, 0.05) is 54.8 Å². The quantitative estimate of drug-likeness (QED) is 0.160. The highest BCUT2D eigenvalue weighted by Gasteiger charge is 2.47. The van der Waals surface area contributed by atoms with Crippen molar-refractivity contribution >= 4 is 46.8 Å². The molecule has 1 aromatic heterocycles. The predicted octanol–water partition coefficient (Wildman–Crippen LogP) is 6.62. The van der Waals surface area contributed by atoms with Gasteiger partial charge in [-0.3, -0.25) is 19.2 Å². The first-order valence-electron chi connectivity index (χ1n) is 20.7. The predicted molar refractivity (Wildman–Crippen MR) is 232 cm³/mol. The Kier molecular flexibility index (Phi) is 15.0. The number of carbonyl (C=O) groups is 4. The maximum absolute atomic E-state index is 16.1. The number of fused-ring (bicyclic) bond motifs is 2. The number of hydrogen-bond acceptors (Lipinski definition) is 8. The summed E-state index contributed by atoms with van der Waals surface area (Å²) in [5.74, 6) is -5.75. The van der Waals surface area contributed by atoms with Crippen molar-refractivity contribution < 1.29 is 46.6 Å². The summed E-state index contributed by atoms with van der Waals surface area (Å²) in [5.41, 5.74) is 0.860. The van der Waals surface area contributed by atoms with Gasteiger partial charge in [-0.15, -0.1) is 0 Å². The average molecular weight is 933 g/mol. The van der Waals surface area contributed by atoms with Crippen molar-refractivity contribution in [1.29, 1.82) is 0 Å². The molecule has 64 heavy (non-hydrogen) atoms. The molecule has 344 valence electrons. The number of hydrogen-bond donors (Lipinski definition) is 2. The molecule has 13 nitrogen and oxygen atoms in total. The van der Waals surface area contributed by atoms with Crippen LogP contribution in [0.2, 0.25) is 10.0 Å². The summed E-state index contributed by atoms with van der Waals surface area (Å²) in [5, 5.41) is 13.4. The van der Waals surface area contributed by atoms with Crippen molar-refractivity contribution in [2.45, 2.75) is 75.9 Å². The van der Waals surface area contributed by atoms with E-state index in [1.165, 1.54) is 29.8 Å². The van der Waals surface area contributed by atoms with Crippen molar-refractivity contribution in [2.75, 3.05) is 40.8 Å². The number of aliphatic hydroxyl groups excluding tert-OH is 1. The number of piperidine rings is 1. The van der Waals surface area contributed by atoms with E-state index >= 15 is 4.39 Å². The zero-order chi connectivity index (χ0) is 46.7. The molecule has 0 unspecified atom stereocenters. The molecule has 3 heterocycles. The summed E-state index contributed by atoms with van der Waals surface area (Å²) >= 11 is 12.4. The number of rotatable bonds is 11. The fraction of sp³-hybridized carbons (Fsp3) is 0.444. The smallest absolute Gasteiger partial charge is 0.389 e. The largest absolute Gasteiger partial charge is 0.457 e. The van der Waals surface area contributed by atoms with Crippen molar-refractivity contribution in [1.82, 2.24) is 34.5 Å². The molecule has 4 amide bonds. The number of nitrogens with one attached hydrogen (secondary N) is 1. The number of halogens is 6. The van der Waals surface area contributed by atoms with Gasteiger partial charge in [-0.1, -0.05) is 35.3 Å². The fourth-order valence-electron chi connectivity index (χ4n) is 8.42. The molecule has 6 rings (SSSR count). The lowest BCUT2D eigenvalue weighted by atomic mass is 9.80. The molecule has 0 radical (unpaired) electrons. The van der Waals surface area contributed by atoms with Crippen LogP contribution in [0.25, 0.3) is 11.3 Å². The Morgan fingerprint density at radius 1 is 0.984 bits per heavy atom. The lowest BCUT2D eigenvalue weighted by Crippen LogP contribution is -2.65. The number of nitrogens with zero attached hydrogens (tertiary/aromatic N) is 6. The molecule has 0 spiro atoms. The van der Waals surface area contributed by atoms with Crippen molar-refractivity contribution in [2.24, 2.45) is 13.0 Å². The normalized spacial score (nSPS) is 21.6. The highest BCUT2D eigenvalue weighted by molar-refractivity contribution is 6.31. The Labute approximate surface area is 378 Å². The minimum atomic E-state index is -4.89. The molecule has 19 heteroatoms. The summed E-state index contributed by atoms with van der Waals surface area (Å²) in [6, 6.07) is 12.7. The Morgan fingerprint density at radius 3 is 2.31 bits per heavy atom. The number of carbonyl (C=O) groups excluding carboxylic acids is 4. The second-order valence-corrected chi connectivity index (χ2v) is 17.7. The standard InChI is InChI=1S/C45H51Cl2F4N7O6/c1-27-41(61)53-36(25-59)43(63)56(5)44(20-28-7-11-31(46)12-8-28)15-6-16-57(26-44)42(62)30(21-45(49,50)51)17-40(60)58(27)23-34-35(48)18-32(47)19-38(34)64-33-13-9-29(10-14-33)37-22-52-39(55(37)4)24-54(2)3/h7-14,18-19,22,27,30,36,59H,6,15-17,20-21,23-26H2,1-5H3,(H,53,61)/t27-,30-,36-,44+/m0/s1. The van der Waals surface area contributed by atoms with Gasteiger partial charge in [0.05, 0.1) is 49.5 Å². The third-order valence-corrected chi connectivity index (χ3v) is 12.4. The molecule has 0 aliphatic carbocycles. The van der Waals surface area contributed by atoms with Crippen LogP contribution in [-0.2, 0) is 45.7 Å². The lowest BCUT2D eigenvalue weighted by molar-refractivity contribution is -0.166. The molecule has 2 aliphatic rings. The van der Waals surface area contributed by atoms with E-state index in [1.54, 1.807) is 54.7 Å². The van der Waals surface area contributed by atoms with E-state index in [0.29, 0.717) is 23.6 Å². The number of likely N-dealkylation sites (N-methyl/N-ethyl adjacent to an activating group) is 1. The Hall–Kier alpha value is -5.23. The van der Waals surface area contributed by atoms with Crippen LogP contribution in [0.1, 0.15) is 49.6 Å². The Morgan fingerprint density at radius 2 is 1.67 bits per heavy atom. The third-order valence-electron chi connectivity index (χ3n) is 11.9. The number of aromatic nitrogens is 2. The van der Waals surface area contributed by atoms with E-state index in [2.05, 4.69) is 10.3 Å². The van der Waals surface area contributed by atoms with Crippen molar-refractivity contribution in [3.8, 4) is 22.8 Å². The van der Waals surface area contributed by atoms with Crippen LogP contribution in [0.3, 0.4) is 0 Å². The van der Waals surface area contributed by atoms with E-state index in [0.717, 1.165) is 28.0 Å². The summed E-state index contributed by atoms with van der Waals surface area (Å²) < 4.78 is 67.1. The van der Waals surface area contributed by atoms with Crippen molar-refractivity contribution in [3.05, 3.63) is 99.7 Å². The Bertz CT molecular complexity index is 2350. The highest BCUT2D eigenvalue weighted by Crippen LogP contribution is 2.37. The van der Waals surface area contributed by atoms with Gasteiger partial charge in [0.2, 0.25) is 23.6 Å². The zero-order valence-electron chi connectivity index (χ0n) is 36.1. The zero-order valence-corrected chi connectivity index (χ0v) is 37.6. The number of aliphatic hydroxyl groups is 1. The van der Waals surface area contributed by atoms with E-state index in [9.17, 15) is 37.5 Å². The first-order chi connectivity index (χ1) is 30.2. The number of imidazole rings is 1. The molecule has 2 bridgehead atoms. The van der Waals surface area contributed by atoms with E-state index in [1.807, 2.05) is 30.6 Å². The van der Waals surface area contributed by atoms with Crippen LogP contribution >= 0.6 is 23.2 Å². The van der Waals surface area contributed by atoms with Gasteiger partial charge < -0.3 is 39.3 Å². The highest BCUT2D eigenvalue weighted by atomic mass is 35.5. The maximum Gasteiger partial charge on any atom is 0.389 e. The molecule has 2 fully saturated rings. The van der Waals surface area contributed by atoms with Gasteiger partial charge in [0.15, 0.2) is 0 Å². The van der Waals surface area contributed by atoms with E-state index in [-0.39, 0.29) is 48.0 Å². The van der Waals surface area contributed by atoms with Gasteiger partial charge in [-0.2, -0.15) is 13.2 Å². The number of amides is 4. The average Bonchev–Trinajstić information content (AvgIpc) is 3.59. The van der Waals surface area contributed by atoms with Crippen LogP contribution in [0.5, 0.6) is 11.5 Å². The minimum Gasteiger partial charge on any atom is -0.457 e. The number of ether oxygens (including phenoxy) is 1. The molecular weight excluding hydrogens is 881 g/mol. The summed E-state index contributed by atoms with van der Waals surface area (Å²) in [7, 11) is 7.21. The van der Waals surface area contributed by atoms with Gasteiger partial charge in [0.1, 0.15) is 35.2 Å². The van der Waals surface area contributed by atoms with Crippen LogP contribution in [0.4, 0.5) is 17.6 Å². The molecular formula is C45H51Cl2F4N7O6. The van der Waals surface area contributed by atoms with Crippen LogP contribution in [0.15, 0.2) is 66.9 Å². The third kappa shape index (κ3) is 11.2. The fourth-order valence-corrected chi connectivity index (χ4v) is 8.74. The second kappa shape index (κ2) is 19.9. The van der Waals surface area contributed by atoms with Gasteiger partial charge in [-0.05, 0) is 94.4 Å². The first-order valence-corrected chi connectivity index (χ1v) is 21.4. The number of benzene rings is 3. The molecule has 2 N–H and O–H groups in total. The first kappa shape index (κ1) is 48.2. The molecule has 4 atom stereocenters. The monoisotopic (exact) mass is 931 g/mol. The van der Waals surface area contributed by atoms with Gasteiger partial charge >= 0.3 is 6.18 Å². The van der Waals surface area contributed by atoms with Crippen LogP contribution in [0, 0.1) is 11.7 Å². The van der Waals surface area contributed by atoms with Gasteiger partial charge in [-0.25, -0.2) is 9.37 Å². The number of alkyl halides is 3. The Balaban J connectivity index is 1.35.